The van der Waals surface area contributed by atoms with Gasteiger partial charge in [-0.25, -0.2) is 8.42 Å². The number of likely N-dealkylation sites (N-methyl/N-ethyl adjacent to an activating group) is 1. The molecular weight excluding hydrogens is 368 g/mol. The first-order chi connectivity index (χ1) is 12.9. The topological polar surface area (TPSA) is 94.3 Å². The highest BCUT2D eigenvalue weighted by molar-refractivity contribution is 7.88. The van der Waals surface area contributed by atoms with Gasteiger partial charge in [0.1, 0.15) is 12.0 Å². The number of aliphatic imine (C=N–C) groups is 1. The molecule has 0 saturated carbocycles. The summed E-state index contributed by atoms with van der Waals surface area (Å²) in [6.07, 6.45) is 1.39. The molecule has 0 radical (unpaired) electrons. The molecular formula is C17H32N6O3S. The SMILES string of the molecule is CCN(CC)C(C)CNC(=NC)N1CCN(S(=O)(=O)Cc2ccon2)CC1. The van der Waals surface area contributed by atoms with Crippen LogP contribution in [0.25, 0.3) is 0 Å². The van der Waals surface area contributed by atoms with Crippen molar-refractivity contribution in [1.29, 1.82) is 0 Å². The second-order valence-corrected chi connectivity index (χ2v) is 8.60. The van der Waals surface area contributed by atoms with Gasteiger partial charge in [0.15, 0.2) is 5.96 Å². The molecule has 1 aliphatic heterocycles. The average Bonchev–Trinajstić information content (AvgIpc) is 3.16. The van der Waals surface area contributed by atoms with Gasteiger partial charge in [-0.15, -0.1) is 0 Å². The van der Waals surface area contributed by atoms with E-state index < -0.39 is 10.0 Å². The third kappa shape index (κ3) is 5.91. The Hall–Kier alpha value is -1.65. The van der Waals surface area contributed by atoms with Crippen LogP contribution in [-0.4, -0.2) is 92.5 Å². The highest BCUT2D eigenvalue weighted by atomic mass is 32.2. The largest absolute Gasteiger partial charge is 0.364 e. The molecule has 0 bridgehead atoms. The molecule has 10 heteroatoms. The van der Waals surface area contributed by atoms with Gasteiger partial charge in [0, 0.05) is 51.9 Å². The Morgan fingerprint density at radius 2 is 2.00 bits per heavy atom. The Morgan fingerprint density at radius 3 is 2.52 bits per heavy atom. The summed E-state index contributed by atoms with van der Waals surface area (Å²) in [4.78, 5) is 8.86. The Balaban J connectivity index is 1.86. The zero-order valence-electron chi connectivity index (χ0n) is 16.8. The third-order valence-corrected chi connectivity index (χ3v) is 6.77. The minimum atomic E-state index is -3.39. The zero-order chi connectivity index (χ0) is 19.9. The van der Waals surface area contributed by atoms with Gasteiger partial charge >= 0.3 is 0 Å². The van der Waals surface area contributed by atoms with Crippen molar-refractivity contribution in [3.63, 3.8) is 0 Å². The summed E-state index contributed by atoms with van der Waals surface area (Å²) in [5.41, 5.74) is 0.431. The predicted octanol–water partition coefficient (Wildman–Crippen LogP) is 0.428. The summed E-state index contributed by atoms with van der Waals surface area (Å²) in [5.74, 6) is 0.695. The Bertz CT molecular complexity index is 680. The normalized spacial score (nSPS) is 18.1. The van der Waals surface area contributed by atoms with Crippen LogP contribution < -0.4 is 5.32 Å². The van der Waals surface area contributed by atoms with Gasteiger partial charge in [-0.05, 0) is 20.0 Å². The number of sulfonamides is 1. The van der Waals surface area contributed by atoms with E-state index in [4.69, 9.17) is 4.52 Å². The van der Waals surface area contributed by atoms with Crippen LogP contribution in [0.5, 0.6) is 0 Å². The van der Waals surface area contributed by atoms with Crippen LogP contribution in [0, 0.1) is 0 Å². The van der Waals surface area contributed by atoms with Gasteiger partial charge in [0.05, 0.1) is 5.69 Å². The molecule has 1 atom stereocenters. The van der Waals surface area contributed by atoms with E-state index in [1.54, 1.807) is 13.1 Å². The van der Waals surface area contributed by atoms with Crippen molar-refractivity contribution < 1.29 is 12.9 Å². The van der Waals surface area contributed by atoms with Crippen LogP contribution in [0.4, 0.5) is 0 Å². The first kappa shape index (κ1) is 21.6. The number of hydrogen-bond donors (Lipinski definition) is 1. The second kappa shape index (κ2) is 10.0. The molecule has 1 aromatic rings. The van der Waals surface area contributed by atoms with Crippen LogP contribution in [0.3, 0.4) is 0 Å². The van der Waals surface area contributed by atoms with Crippen molar-refractivity contribution in [2.24, 2.45) is 4.99 Å². The molecule has 154 valence electrons. The van der Waals surface area contributed by atoms with Crippen LogP contribution in [-0.2, 0) is 15.8 Å². The molecule has 2 rings (SSSR count). The Labute approximate surface area is 162 Å². The molecule has 1 N–H and O–H groups in total. The molecule has 1 aromatic heterocycles. The smallest absolute Gasteiger partial charge is 0.220 e. The van der Waals surface area contributed by atoms with Crippen molar-refractivity contribution in [3.8, 4) is 0 Å². The van der Waals surface area contributed by atoms with Gasteiger partial charge in [-0.3, -0.25) is 9.89 Å². The molecule has 0 amide bonds. The number of nitrogens with zero attached hydrogens (tertiary/aromatic N) is 5. The van der Waals surface area contributed by atoms with Gasteiger partial charge in [-0.2, -0.15) is 4.31 Å². The molecule has 1 saturated heterocycles. The fraction of sp³-hybridized carbons (Fsp3) is 0.765. The predicted molar refractivity (Wildman–Crippen MR) is 106 cm³/mol. The van der Waals surface area contributed by atoms with Crippen molar-refractivity contribution in [2.75, 3.05) is 52.9 Å². The van der Waals surface area contributed by atoms with Crippen LogP contribution >= 0.6 is 0 Å². The minimum Gasteiger partial charge on any atom is -0.364 e. The molecule has 0 aromatic carbocycles. The fourth-order valence-corrected chi connectivity index (χ4v) is 4.74. The first-order valence-electron chi connectivity index (χ1n) is 9.48. The van der Waals surface area contributed by atoms with Crippen molar-refractivity contribution >= 4 is 16.0 Å². The van der Waals surface area contributed by atoms with Crippen LogP contribution in [0.2, 0.25) is 0 Å². The molecule has 27 heavy (non-hydrogen) atoms. The average molecular weight is 401 g/mol. The maximum absolute atomic E-state index is 12.5. The molecule has 0 aliphatic carbocycles. The standard InChI is InChI=1S/C17H32N6O3S/c1-5-21(6-2)15(3)13-19-17(18-4)22-8-10-23(11-9-22)27(24,25)14-16-7-12-26-20-16/h7,12,15H,5-6,8-11,13-14H2,1-4H3,(H,18,19). The lowest BCUT2D eigenvalue weighted by atomic mass is 10.2. The van der Waals surface area contributed by atoms with Crippen molar-refractivity contribution in [1.82, 2.24) is 24.6 Å². The fourth-order valence-electron chi connectivity index (χ4n) is 3.32. The van der Waals surface area contributed by atoms with E-state index in [2.05, 4.69) is 46.0 Å². The van der Waals surface area contributed by atoms with E-state index in [1.807, 2.05) is 0 Å². The highest BCUT2D eigenvalue weighted by Crippen LogP contribution is 2.13. The van der Waals surface area contributed by atoms with E-state index >= 15 is 0 Å². The Kier molecular flexibility index (Phi) is 8.06. The van der Waals surface area contributed by atoms with Crippen molar-refractivity contribution in [2.45, 2.75) is 32.6 Å². The molecule has 1 fully saturated rings. The Morgan fingerprint density at radius 1 is 1.33 bits per heavy atom. The van der Waals surface area contributed by atoms with Gasteiger partial charge in [0.25, 0.3) is 0 Å². The molecule has 2 heterocycles. The summed E-state index contributed by atoms with van der Waals surface area (Å²) in [6.45, 7) is 11.4. The maximum atomic E-state index is 12.5. The quantitative estimate of drug-likeness (QED) is 0.499. The van der Waals surface area contributed by atoms with E-state index in [0.29, 0.717) is 37.9 Å². The monoisotopic (exact) mass is 400 g/mol. The lowest BCUT2D eigenvalue weighted by Gasteiger charge is -2.36. The lowest BCUT2D eigenvalue weighted by molar-refractivity contribution is 0.225. The van der Waals surface area contributed by atoms with Crippen molar-refractivity contribution in [3.05, 3.63) is 18.0 Å². The van der Waals surface area contributed by atoms with Crippen LogP contribution in [0.15, 0.2) is 21.8 Å². The number of guanidine groups is 1. The van der Waals surface area contributed by atoms with E-state index in [0.717, 1.165) is 25.6 Å². The van der Waals surface area contributed by atoms with Gasteiger partial charge in [-0.1, -0.05) is 19.0 Å². The van der Waals surface area contributed by atoms with Gasteiger partial charge in [0.2, 0.25) is 10.0 Å². The number of piperazine rings is 1. The minimum absolute atomic E-state index is 0.127. The summed E-state index contributed by atoms with van der Waals surface area (Å²) in [5, 5.41) is 7.12. The second-order valence-electron chi connectivity index (χ2n) is 6.63. The summed E-state index contributed by atoms with van der Waals surface area (Å²) in [6, 6.07) is 1.98. The lowest BCUT2D eigenvalue weighted by Crippen LogP contribution is -2.55. The van der Waals surface area contributed by atoms with E-state index in [1.165, 1.54) is 10.6 Å². The zero-order valence-corrected chi connectivity index (χ0v) is 17.6. The van der Waals surface area contributed by atoms with Gasteiger partial charge < -0.3 is 14.7 Å². The van der Waals surface area contributed by atoms with Crippen LogP contribution in [0.1, 0.15) is 26.5 Å². The summed E-state index contributed by atoms with van der Waals surface area (Å²) >= 11 is 0. The number of aromatic nitrogens is 1. The molecule has 1 unspecified atom stereocenters. The number of hydrogen-bond acceptors (Lipinski definition) is 6. The summed E-state index contributed by atoms with van der Waals surface area (Å²) in [7, 11) is -1.63. The summed E-state index contributed by atoms with van der Waals surface area (Å²) < 4.78 is 31.3. The number of nitrogens with one attached hydrogen (secondary N) is 1. The first-order valence-corrected chi connectivity index (χ1v) is 11.1. The number of rotatable bonds is 8. The van der Waals surface area contributed by atoms with E-state index in [-0.39, 0.29) is 5.75 Å². The molecule has 1 aliphatic rings. The maximum Gasteiger partial charge on any atom is 0.220 e. The molecule has 0 spiro atoms. The van der Waals surface area contributed by atoms with E-state index in [9.17, 15) is 8.42 Å². The highest BCUT2D eigenvalue weighted by Gasteiger charge is 2.29. The third-order valence-electron chi connectivity index (χ3n) is 4.96. The molecule has 9 nitrogen and oxygen atoms in total.